The van der Waals surface area contributed by atoms with Crippen LogP contribution in [0.15, 0.2) is 64.0 Å². The minimum atomic E-state index is -3.38. The van der Waals surface area contributed by atoms with Crippen LogP contribution in [0.5, 0.6) is 0 Å². The Morgan fingerprint density at radius 1 is 1.08 bits per heavy atom. The van der Waals surface area contributed by atoms with E-state index >= 15 is 0 Å². The predicted octanol–water partition coefficient (Wildman–Crippen LogP) is 3.56. The van der Waals surface area contributed by atoms with Crippen LogP contribution in [-0.4, -0.2) is 38.1 Å². The highest BCUT2D eigenvalue weighted by Crippen LogP contribution is 2.30. The van der Waals surface area contributed by atoms with Crippen molar-refractivity contribution in [2.75, 3.05) is 13.1 Å². The molecule has 1 unspecified atom stereocenters. The fourth-order valence-electron chi connectivity index (χ4n) is 3.30. The van der Waals surface area contributed by atoms with Crippen molar-refractivity contribution in [3.05, 3.63) is 64.6 Å². The van der Waals surface area contributed by atoms with E-state index in [0.29, 0.717) is 37.3 Å². The molecular formula is C19H20BrNO4S. The molecule has 0 aromatic heterocycles. The zero-order chi connectivity index (χ0) is 18.6. The first-order valence-electron chi connectivity index (χ1n) is 8.40. The van der Waals surface area contributed by atoms with E-state index in [9.17, 15) is 13.2 Å². The first kappa shape index (κ1) is 19.1. The largest absolute Gasteiger partial charge is 0.444 e. The van der Waals surface area contributed by atoms with Gasteiger partial charge in [-0.3, -0.25) is 9.69 Å². The van der Waals surface area contributed by atoms with Gasteiger partial charge >= 0.3 is 0 Å². The molecule has 0 bridgehead atoms. The molecule has 3 rings (SSSR count). The van der Waals surface area contributed by atoms with Gasteiger partial charge in [-0.25, -0.2) is 8.42 Å². The second kappa shape index (κ2) is 8.33. The summed E-state index contributed by atoms with van der Waals surface area (Å²) in [6.07, 6.45) is 0.518. The molecule has 0 radical (unpaired) electrons. The van der Waals surface area contributed by atoms with Crippen LogP contribution in [0.4, 0.5) is 0 Å². The molecule has 1 aliphatic rings. The van der Waals surface area contributed by atoms with E-state index in [4.69, 9.17) is 4.74 Å². The Morgan fingerprint density at radius 2 is 1.77 bits per heavy atom. The molecule has 2 aromatic rings. The zero-order valence-electron chi connectivity index (χ0n) is 14.1. The number of nitrogens with zero attached hydrogens (tertiary/aromatic N) is 1. The van der Waals surface area contributed by atoms with Crippen LogP contribution in [-0.2, 0) is 19.4 Å². The molecule has 1 atom stereocenters. The summed E-state index contributed by atoms with van der Waals surface area (Å²) >= 11 is 3.33. The average molecular weight is 438 g/mol. The lowest BCUT2D eigenvalue weighted by Crippen LogP contribution is -2.42. The first-order valence-corrected chi connectivity index (χ1v) is 10.7. The lowest BCUT2D eigenvalue weighted by molar-refractivity contribution is -0.145. The SMILES string of the molecule is O=COC(c1ccccc1)N1CCC(S(=O)(=O)c2cccc(Br)c2)CC1. The molecule has 5 nitrogen and oxygen atoms in total. The van der Waals surface area contributed by atoms with Gasteiger partial charge in [0.15, 0.2) is 16.1 Å². The summed E-state index contributed by atoms with van der Waals surface area (Å²) < 4.78 is 31.8. The van der Waals surface area contributed by atoms with Gasteiger partial charge in [-0.1, -0.05) is 52.3 Å². The number of carbonyl (C=O) groups is 1. The minimum Gasteiger partial charge on any atom is -0.444 e. The average Bonchev–Trinajstić information content (AvgIpc) is 2.67. The van der Waals surface area contributed by atoms with Gasteiger partial charge in [-0.2, -0.15) is 0 Å². The number of piperidine rings is 1. The van der Waals surface area contributed by atoms with Crippen LogP contribution < -0.4 is 0 Å². The van der Waals surface area contributed by atoms with Crippen molar-refractivity contribution in [3.8, 4) is 0 Å². The lowest BCUT2D eigenvalue weighted by atomic mass is 10.1. The number of ether oxygens (including phenoxy) is 1. The quantitative estimate of drug-likeness (QED) is 0.646. The third kappa shape index (κ3) is 4.16. The lowest BCUT2D eigenvalue weighted by Gasteiger charge is -2.36. The van der Waals surface area contributed by atoms with Crippen molar-refractivity contribution in [2.45, 2.75) is 29.2 Å². The van der Waals surface area contributed by atoms with E-state index in [0.717, 1.165) is 10.0 Å². The van der Waals surface area contributed by atoms with E-state index < -0.39 is 21.3 Å². The van der Waals surface area contributed by atoms with Crippen LogP contribution >= 0.6 is 15.9 Å². The molecule has 7 heteroatoms. The van der Waals surface area contributed by atoms with E-state index in [1.165, 1.54) is 0 Å². The number of sulfone groups is 1. The van der Waals surface area contributed by atoms with Crippen molar-refractivity contribution < 1.29 is 17.9 Å². The highest BCUT2D eigenvalue weighted by molar-refractivity contribution is 9.10. The second-order valence-corrected chi connectivity index (χ2v) is 9.38. The Balaban J connectivity index is 1.73. The monoisotopic (exact) mass is 437 g/mol. The second-order valence-electron chi connectivity index (χ2n) is 6.23. The summed E-state index contributed by atoms with van der Waals surface area (Å²) in [5, 5.41) is -0.430. The maximum Gasteiger partial charge on any atom is 0.294 e. The van der Waals surface area contributed by atoms with Crippen LogP contribution in [0, 0.1) is 0 Å². The van der Waals surface area contributed by atoms with E-state index in [2.05, 4.69) is 15.9 Å². The van der Waals surface area contributed by atoms with Crippen molar-refractivity contribution in [3.63, 3.8) is 0 Å². The number of rotatable bonds is 6. The van der Waals surface area contributed by atoms with Crippen molar-refractivity contribution in [2.24, 2.45) is 0 Å². The van der Waals surface area contributed by atoms with Gasteiger partial charge in [-0.05, 0) is 31.0 Å². The van der Waals surface area contributed by atoms with Crippen LogP contribution in [0.1, 0.15) is 24.6 Å². The molecule has 1 fully saturated rings. The van der Waals surface area contributed by atoms with Gasteiger partial charge in [0.1, 0.15) is 0 Å². The van der Waals surface area contributed by atoms with Gasteiger partial charge in [0.05, 0.1) is 10.1 Å². The van der Waals surface area contributed by atoms with Gasteiger partial charge < -0.3 is 4.74 Å². The molecule has 0 N–H and O–H groups in total. The maximum absolute atomic E-state index is 12.9. The number of hydrogen-bond donors (Lipinski definition) is 0. The number of hydrogen-bond acceptors (Lipinski definition) is 5. The first-order chi connectivity index (χ1) is 12.5. The Morgan fingerprint density at radius 3 is 2.38 bits per heavy atom. The van der Waals surface area contributed by atoms with E-state index in [1.54, 1.807) is 18.2 Å². The standard InChI is InChI=1S/C19H20BrNO4S/c20-16-7-4-8-18(13-16)26(23,24)17-9-11-21(12-10-17)19(25-14-22)15-5-2-1-3-6-15/h1-8,13-14,17,19H,9-12H2. The van der Waals surface area contributed by atoms with Crippen molar-refractivity contribution in [1.82, 2.24) is 4.90 Å². The summed E-state index contributed by atoms with van der Waals surface area (Å²) in [6, 6.07) is 16.3. The molecule has 1 heterocycles. The van der Waals surface area contributed by atoms with Crippen LogP contribution in [0.3, 0.4) is 0 Å². The molecule has 0 spiro atoms. The zero-order valence-corrected chi connectivity index (χ0v) is 16.5. The minimum absolute atomic E-state index is 0.342. The Labute approximate surface area is 162 Å². The fraction of sp³-hybridized carbons (Fsp3) is 0.316. The summed E-state index contributed by atoms with van der Waals surface area (Å²) in [4.78, 5) is 13.3. The Hall–Kier alpha value is -1.70. The Bertz CT molecular complexity index is 849. The third-order valence-corrected chi connectivity index (χ3v) is 7.39. The summed E-state index contributed by atoms with van der Waals surface area (Å²) in [5.41, 5.74) is 0.882. The molecule has 1 saturated heterocycles. The molecule has 138 valence electrons. The number of benzene rings is 2. The molecule has 1 aliphatic heterocycles. The summed E-state index contributed by atoms with van der Waals surface area (Å²) in [5.74, 6) is 0. The predicted molar refractivity (Wildman–Crippen MR) is 102 cm³/mol. The van der Waals surface area contributed by atoms with Crippen molar-refractivity contribution >= 4 is 32.2 Å². The molecule has 26 heavy (non-hydrogen) atoms. The molecular weight excluding hydrogens is 418 g/mol. The number of halogens is 1. The topological polar surface area (TPSA) is 63.7 Å². The molecule has 0 amide bonds. The highest BCUT2D eigenvalue weighted by atomic mass is 79.9. The normalized spacial score (nSPS) is 17.6. The highest BCUT2D eigenvalue weighted by Gasteiger charge is 2.34. The maximum atomic E-state index is 12.9. The molecule has 0 saturated carbocycles. The van der Waals surface area contributed by atoms with E-state index in [1.807, 2.05) is 41.3 Å². The molecule has 0 aliphatic carbocycles. The van der Waals surface area contributed by atoms with E-state index in [-0.39, 0.29) is 0 Å². The van der Waals surface area contributed by atoms with Gasteiger partial charge in [0.25, 0.3) is 6.47 Å². The van der Waals surface area contributed by atoms with Crippen LogP contribution in [0.2, 0.25) is 0 Å². The third-order valence-electron chi connectivity index (χ3n) is 4.64. The van der Waals surface area contributed by atoms with Gasteiger partial charge in [0, 0.05) is 23.1 Å². The van der Waals surface area contributed by atoms with Gasteiger partial charge in [0.2, 0.25) is 0 Å². The molecule has 2 aromatic carbocycles. The van der Waals surface area contributed by atoms with Gasteiger partial charge in [-0.15, -0.1) is 0 Å². The van der Waals surface area contributed by atoms with Crippen molar-refractivity contribution in [1.29, 1.82) is 0 Å². The summed E-state index contributed by atoms with van der Waals surface area (Å²) in [7, 11) is -3.38. The Kier molecular flexibility index (Phi) is 6.11. The fourth-order valence-corrected chi connectivity index (χ4v) is 5.63. The summed E-state index contributed by atoms with van der Waals surface area (Å²) in [6.45, 7) is 1.54. The smallest absolute Gasteiger partial charge is 0.294 e. The number of carbonyl (C=O) groups excluding carboxylic acids is 1. The number of likely N-dealkylation sites (tertiary alicyclic amines) is 1. The van der Waals surface area contributed by atoms with Crippen LogP contribution in [0.25, 0.3) is 0 Å².